The second-order valence-corrected chi connectivity index (χ2v) is 9.07. The average molecular weight is 250 g/mol. The van der Waals surface area contributed by atoms with Crippen LogP contribution in [0, 0.1) is 0 Å². The first kappa shape index (κ1) is 12.2. The Labute approximate surface area is 108 Å². The Balaban J connectivity index is 1.76. The molecule has 1 heteroatoms. The molecule has 2 fully saturated rings. The van der Waals surface area contributed by atoms with Gasteiger partial charge in [0.1, 0.15) is 0 Å². The molecule has 3 rings (SSSR count). The molecule has 0 aromatic heterocycles. The van der Waals surface area contributed by atoms with Gasteiger partial charge < -0.3 is 0 Å². The van der Waals surface area contributed by atoms with Crippen LogP contribution in [0.3, 0.4) is 0 Å². The van der Waals surface area contributed by atoms with E-state index in [0.29, 0.717) is 7.92 Å². The van der Waals surface area contributed by atoms with Crippen LogP contribution in [-0.2, 0) is 0 Å². The summed E-state index contributed by atoms with van der Waals surface area (Å²) in [5.41, 5.74) is 2.28. The third-order valence-corrected chi connectivity index (χ3v) is 8.71. The molecule has 0 aromatic carbocycles. The van der Waals surface area contributed by atoms with Crippen molar-refractivity contribution in [3.05, 3.63) is 11.4 Å². The molecule has 17 heavy (non-hydrogen) atoms. The lowest BCUT2D eigenvalue weighted by Crippen LogP contribution is -2.27. The lowest BCUT2D eigenvalue weighted by molar-refractivity contribution is 0.476. The van der Waals surface area contributed by atoms with Crippen molar-refractivity contribution in [2.45, 2.75) is 88.4 Å². The van der Waals surface area contributed by atoms with Crippen LogP contribution >= 0.6 is 7.92 Å². The number of rotatable bonds is 1. The summed E-state index contributed by atoms with van der Waals surface area (Å²) in [6.45, 7) is 0. The fourth-order valence-electron chi connectivity index (χ4n) is 4.20. The third-order valence-electron chi connectivity index (χ3n) is 5.03. The predicted molar refractivity (Wildman–Crippen MR) is 78.0 cm³/mol. The number of hydrogen-bond donors (Lipinski definition) is 0. The number of hydrogen-bond acceptors (Lipinski definition) is 0. The molecule has 0 spiro atoms. The van der Waals surface area contributed by atoms with Crippen LogP contribution in [-0.4, -0.2) is 11.3 Å². The molecule has 2 saturated heterocycles. The molecule has 96 valence electrons. The van der Waals surface area contributed by atoms with Crippen molar-refractivity contribution in [1.29, 1.82) is 0 Å². The summed E-state index contributed by atoms with van der Waals surface area (Å²) < 4.78 is 0. The van der Waals surface area contributed by atoms with Gasteiger partial charge in [0, 0.05) is 0 Å². The highest BCUT2D eigenvalue weighted by atomic mass is 31.1. The number of allylic oxidation sites excluding steroid dienone is 2. The van der Waals surface area contributed by atoms with Crippen LogP contribution in [0.2, 0.25) is 0 Å². The smallest absolute Gasteiger partial charge is 0.0170 e. The van der Waals surface area contributed by atoms with Crippen LogP contribution in [0.4, 0.5) is 0 Å². The van der Waals surface area contributed by atoms with E-state index in [2.05, 4.69) is 6.08 Å². The van der Waals surface area contributed by atoms with Crippen LogP contribution in [0.25, 0.3) is 0 Å². The SMILES string of the molecule is C1=C(P2C3CCCC2CCC3)CCCCCC1. The molecule has 1 aliphatic carbocycles. The molecule has 2 heterocycles. The zero-order chi connectivity index (χ0) is 11.5. The molecule has 2 aliphatic heterocycles. The highest BCUT2D eigenvalue weighted by Crippen LogP contribution is 2.65. The maximum absolute atomic E-state index is 2.70. The zero-order valence-corrected chi connectivity index (χ0v) is 12.1. The first-order valence-electron chi connectivity index (χ1n) is 7.92. The topological polar surface area (TPSA) is 0 Å². The minimum absolute atomic E-state index is 0.304. The first-order chi connectivity index (χ1) is 8.45. The van der Waals surface area contributed by atoms with E-state index in [9.17, 15) is 0 Å². The van der Waals surface area contributed by atoms with Gasteiger partial charge in [-0.05, 0) is 68.0 Å². The highest BCUT2D eigenvalue weighted by Gasteiger charge is 2.37. The summed E-state index contributed by atoms with van der Waals surface area (Å²) in [6.07, 6.45) is 20.9. The van der Waals surface area contributed by atoms with Crippen molar-refractivity contribution in [2.75, 3.05) is 0 Å². The van der Waals surface area contributed by atoms with Crippen molar-refractivity contribution >= 4 is 7.92 Å². The second kappa shape index (κ2) is 5.87. The lowest BCUT2D eigenvalue weighted by atomic mass is 9.99. The molecule has 3 aliphatic rings. The first-order valence-corrected chi connectivity index (χ1v) is 9.40. The van der Waals surface area contributed by atoms with Gasteiger partial charge in [0.05, 0.1) is 0 Å². The normalized spacial score (nSPS) is 39.1. The Morgan fingerprint density at radius 3 is 2.12 bits per heavy atom. The monoisotopic (exact) mass is 250 g/mol. The third kappa shape index (κ3) is 2.78. The zero-order valence-electron chi connectivity index (χ0n) is 11.2. The Morgan fingerprint density at radius 1 is 0.765 bits per heavy atom. The minimum atomic E-state index is 0.304. The Hall–Kier alpha value is 0.170. The number of fused-ring (bicyclic) bond motifs is 2. The van der Waals surface area contributed by atoms with E-state index in [1.54, 1.807) is 38.5 Å². The van der Waals surface area contributed by atoms with E-state index in [0.717, 1.165) is 11.3 Å². The van der Waals surface area contributed by atoms with Crippen molar-refractivity contribution in [2.24, 2.45) is 0 Å². The largest absolute Gasteiger partial charge is 0.0808 e. The van der Waals surface area contributed by atoms with Crippen LogP contribution < -0.4 is 0 Å². The van der Waals surface area contributed by atoms with Crippen molar-refractivity contribution < 1.29 is 0 Å². The summed E-state index contributed by atoms with van der Waals surface area (Å²) in [6, 6.07) is 0. The molecule has 0 atom stereocenters. The summed E-state index contributed by atoms with van der Waals surface area (Å²) in [5, 5.41) is 1.97. The van der Waals surface area contributed by atoms with Gasteiger partial charge in [-0.3, -0.25) is 0 Å². The van der Waals surface area contributed by atoms with Crippen molar-refractivity contribution in [1.82, 2.24) is 0 Å². The highest BCUT2D eigenvalue weighted by molar-refractivity contribution is 7.63. The van der Waals surface area contributed by atoms with Crippen molar-refractivity contribution in [3.8, 4) is 0 Å². The van der Waals surface area contributed by atoms with Crippen LogP contribution in [0.5, 0.6) is 0 Å². The van der Waals surface area contributed by atoms with Crippen LogP contribution in [0.15, 0.2) is 11.4 Å². The fourth-order valence-corrected chi connectivity index (χ4v) is 8.33. The second-order valence-electron chi connectivity index (χ2n) is 6.23. The van der Waals surface area contributed by atoms with Gasteiger partial charge in [-0.1, -0.05) is 39.7 Å². The van der Waals surface area contributed by atoms with Gasteiger partial charge in [-0.2, -0.15) is 0 Å². The van der Waals surface area contributed by atoms with Gasteiger partial charge in [0.25, 0.3) is 0 Å². The fraction of sp³-hybridized carbons (Fsp3) is 0.875. The standard InChI is InChI=1S/C16H27P/c1-2-4-8-14(9-5-3-1)17-15-10-6-11-16(17)13-7-12-15/h8,15-16H,1-7,9-13H2. The maximum Gasteiger partial charge on any atom is -0.0170 e. The van der Waals surface area contributed by atoms with E-state index >= 15 is 0 Å². The molecular weight excluding hydrogens is 223 g/mol. The van der Waals surface area contributed by atoms with Gasteiger partial charge >= 0.3 is 0 Å². The molecule has 0 N–H and O–H groups in total. The van der Waals surface area contributed by atoms with E-state index in [1.165, 1.54) is 38.5 Å². The van der Waals surface area contributed by atoms with E-state index in [-0.39, 0.29) is 0 Å². The van der Waals surface area contributed by atoms with Gasteiger partial charge in [0.15, 0.2) is 0 Å². The van der Waals surface area contributed by atoms with E-state index in [1.807, 2.05) is 5.31 Å². The summed E-state index contributed by atoms with van der Waals surface area (Å²) in [5.74, 6) is 0. The summed E-state index contributed by atoms with van der Waals surface area (Å²) >= 11 is 0. The molecular formula is C16H27P. The Morgan fingerprint density at radius 2 is 1.41 bits per heavy atom. The van der Waals surface area contributed by atoms with Gasteiger partial charge in [-0.15, -0.1) is 0 Å². The molecule has 2 bridgehead atoms. The molecule has 0 saturated carbocycles. The maximum atomic E-state index is 2.70. The van der Waals surface area contributed by atoms with Crippen molar-refractivity contribution in [3.63, 3.8) is 0 Å². The predicted octanol–water partition coefficient (Wildman–Crippen LogP) is 5.81. The molecule has 0 unspecified atom stereocenters. The molecule has 0 aromatic rings. The minimum Gasteiger partial charge on any atom is -0.0808 e. The van der Waals surface area contributed by atoms with E-state index in [4.69, 9.17) is 0 Å². The van der Waals surface area contributed by atoms with Gasteiger partial charge in [-0.25, -0.2) is 0 Å². The lowest BCUT2D eigenvalue weighted by Gasteiger charge is -2.44. The van der Waals surface area contributed by atoms with Crippen LogP contribution in [0.1, 0.15) is 77.0 Å². The summed E-state index contributed by atoms with van der Waals surface area (Å²) in [7, 11) is 0.304. The van der Waals surface area contributed by atoms with Gasteiger partial charge in [0.2, 0.25) is 0 Å². The molecule has 0 amide bonds. The Kier molecular flexibility index (Phi) is 4.22. The van der Waals surface area contributed by atoms with E-state index < -0.39 is 0 Å². The molecule has 0 radical (unpaired) electrons. The average Bonchev–Trinajstić information content (AvgIpc) is 2.27. The summed E-state index contributed by atoms with van der Waals surface area (Å²) in [4.78, 5) is 0. The molecule has 0 nitrogen and oxygen atoms in total. The quantitative estimate of drug-likeness (QED) is 0.515. The Bertz CT molecular complexity index is 259.